The molecule has 0 amide bonds. The summed E-state index contributed by atoms with van der Waals surface area (Å²) in [6.45, 7) is 8.78. The van der Waals surface area contributed by atoms with E-state index in [0.717, 1.165) is 12.8 Å². The molecule has 33 heavy (non-hydrogen) atoms. The predicted octanol–water partition coefficient (Wildman–Crippen LogP) is 9.23. The van der Waals surface area contributed by atoms with Crippen molar-refractivity contribution in [2.75, 3.05) is 0 Å². The second-order valence-electron chi connectivity index (χ2n) is 10.3. The minimum Gasteiger partial charge on any atom is -0.0950 e. The zero-order valence-corrected chi connectivity index (χ0v) is 20.2. The Morgan fingerprint density at radius 1 is 0.909 bits per heavy atom. The van der Waals surface area contributed by atoms with Crippen LogP contribution in [0.1, 0.15) is 85.3 Å². The van der Waals surface area contributed by atoms with Crippen LogP contribution in [0, 0.1) is 5.92 Å². The summed E-state index contributed by atoms with van der Waals surface area (Å²) in [5, 5.41) is 0. The molecule has 0 nitrogen and oxygen atoms in total. The average Bonchev–Trinajstić information content (AvgIpc) is 3.33. The Bertz CT molecular complexity index is 1180. The van der Waals surface area contributed by atoms with Crippen molar-refractivity contribution >= 4 is 11.6 Å². The molecule has 0 heterocycles. The third kappa shape index (κ3) is 4.76. The van der Waals surface area contributed by atoms with E-state index in [-0.39, 0.29) is 0 Å². The lowest BCUT2D eigenvalue weighted by molar-refractivity contribution is 0.443. The maximum atomic E-state index is 4.33. The zero-order valence-electron chi connectivity index (χ0n) is 20.2. The maximum absolute atomic E-state index is 4.33. The highest BCUT2D eigenvalue weighted by Crippen LogP contribution is 2.38. The molecular weight excluding hydrogens is 396 g/mol. The van der Waals surface area contributed by atoms with Crippen molar-refractivity contribution in [2.24, 2.45) is 5.92 Å². The zero-order chi connectivity index (χ0) is 22.8. The van der Waals surface area contributed by atoms with Gasteiger partial charge < -0.3 is 0 Å². The van der Waals surface area contributed by atoms with E-state index in [0.29, 0.717) is 11.8 Å². The first-order valence-electron chi connectivity index (χ1n) is 12.8. The van der Waals surface area contributed by atoms with Crippen LogP contribution >= 0.6 is 0 Å². The summed E-state index contributed by atoms with van der Waals surface area (Å²) in [6.07, 6.45) is 13.4. The molecule has 0 N–H and O–H groups in total. The number of fused-ring (bicyclic) bond motifs is 1. The summed E-state index contributed by atoms with van der Waals surface area (Å²) in [5.74, 6) is 1.17. The fraction of sp³-hybridized carbons (Fsp3) is 0.333. The van der Waals surface area contributed by atoms with Crippen LogP contribution in [0.2, 0.25) is 0 Å². The van der Waals surface area contributed by atoms with Crippen molar-refractivity contribution < 1.29 is 0 Å². The van der Waals surface area contributed by atoms with Crippen LogP contribution in [0.25, 0.3) is 22.8 Å². The quantitative estimate of drug-likeness (QED) is 0.364. The Labute approximate surface area is 200 Å². The Morgan fingerprint density at radius 2 is 1.73 bits per heavy atom. The molecule has 168 valence electrons. The van der Waals surface area contributed by atoms with Crippen molar-refractivity contribution in [3.05, 3.63) is 107 Å². The van der Waals surface area contributed by atoms with E-state index in [4.69, 9.17) is 0 Å². The van der Waals surface area contributed by atoms with Gasteiger partial charge in [0.15, 0.2) is 0 Å². The van der Waals surface area contributed by atoms with Gasteiger partial charge in [0.2, 0.25) is 0 Å². The second-order valence-corrected chi connectivity index (χ2v) is 10.3. The van der Waals surface area contributed by atoms with E-state index in [1.54, 1.807) is 5.56 Å². The topological polar surface area (TPSA) is 0 Å². The van der Waals surface area contributed by atoms with E-state index in [1.807, 2.05) is 0 Å². The van der Waals surface area contributed by atoms with Gasteiger partial charge in [0.25, 0.3) is 0 Å². The Morgan fingerprint density at radius 3 is 2.55 bits per heavy atom. The SMILES string of the molecule is C=C(c1cccc(Cc2cc(-c3cccc4c3C=CC4)cc(C3CCCCC3)c2)c1)C(C)C. The summed E-state index contributed by atoms with van der Waals surface area (Å²) in [4.78, 5) is 0. The van der Waals surface area contributed by atoms with Gasteiger partial charge >= 0.3 is 0 Å². The number of hydrogen-bond donors (Lipinski definition) is 0. The van der Waals surface area contributed by atoms with Crippen molar-refractivity contribution in [1.29, 1.82) is 0 Å². The van der Waals surface area contributed by atoms with Crippen molar-refractivity contribution in [3.63, 3.8) is 0 Å². The molecule has 5 rings (SSSR count). The molecule has 0 aliphatic heterocycles. The van der Waals surface area contributed by atoms with Gasteiger partial charge in [-0.05, 0) is 87.6 Å². The fourth-order valence-corrected chi connectivity index (χ4v) is 5.64. The van der Waals surface area contributed by atoms with Crippen LogP contribution < -0.4 is 0 Å². The highest BCUT2D eigenvalue weighted by atomic mass is 14.2. The normalized spacial score (nSPS) is 15.7. The Kier molecular flexibility index (Phi) is 6.36. The summed E-state index contributed by atoms with van der Waals surface area (Å²) in [7, 11) is 0. The van der Waals surface area contributed by atoms with Gasteiger partial charge in [-0.15, -0.1) is 0 Å². The number of benzene rings is 3. The molecule has 0 saturated heterocycles. The molecule has 0 spiro atoms. The van der Waals surface area contributed by atoms with Crippen LogP contribution in [0.5, 0.6) is 0 Å². The van der Waals surface area contributed by atoms with Crippen LogP contribution in [0.15, 0.2) is 73.3 Å². The molecule has 3 aromatic carbocycles. The highest BCUT2D eigenvalue weighted by molar-refractivity contribution is 5.80. The van der Waals surface area contributed by atoms with E-state index >= 15 is 0 Å². The van der Waals surface area contributed by atoms with E-state index in [1.165, 1.54) is 76.6 Å². The molecule has 0 aromatic heterocycles. The molecule has 0 atom stereocenters. The Balaban J connectivity index is 1.54. The summed E-state index contributed by atoms with van der Waals surface area (Å²) < 4.78 is 0. The van der Waals surface area contributed by atoms with Gasteiger partial charge in [-0.3, -0.25) is 0 Å². The third-order valence-electron chi connectivity index (χ3n) is 7.62. The minimum absolute atomic E-state index is 0.467. The van der Waals surface area contributed by atoms with Gasteiger partial charge in [0.1, 0.15) is 0 Å². The summed E-state index contributed by atoms with van der Waals surface area (Å²) in [6, 6.07) is 23.3. The molecule has 1 fully saturated rings. The van der Waals surface area contributed by atoms with E-state index in [9.17, 15) is 0 Å². The molecule has 0 radical (unpaired) electrons. The van der Waals surface area contributed by atoms with Gasteiger partial charge in [-0.2, -0.15) is 0 Å². The first-order chi connectivity index (χ1) is 16.1. The molecule has 0 heteroatoms. The highest BCUT2D eigenvalue weighted by Gasteiger charge is 2.19. The van der Waals surface area contributed by atoms with Gasteiger partial charge in [-0.1, -0.05) is 113 Å². The van der Waals surface area contributed by atoms with Crippen LogP contribution in [0.3, 0.4) is 0 Å². The average molecular weight is 433 g/mol. The second kappa shape index (κ2) is 9.56. The maximum Gasteiger partial charge on any atom is -0.00252 e. The molecule has 0 bridgehead atoms. The number of hydrogen-bond acceptors (Lipinski definition) is 0. The predicted molar refractivity (Wildman–Crippen MR) is 144 cm³/mol. The summed E-state index contributed by atoms with van der Waals surface area (Å²) in [5.41, 5.74) is 12.5. The van der Waals surface area contributed by atoms with Crippen LogP contribution in [0.4, 0.5) is 0 Å². The van der Waals surface area contributed by atoms with Gasteiger partial charge in [-0.25, -0.2) is 0 Å². The van der Waals surface area contributed by atoms with Crippen LogP contribution in [-0.2, 0) is 12.8 Å². The van der Waals surface area contributed by atoms with Crippen molar-refractivity contribution in [1.82, 2.24) is 0 Å². The monoisotopic (exact) mass is 432 g/mol. The van der Waals surface area contributed by atoms with Crippen molar-refractivity contribution in [3.8, 4) is 11.1 Å². The van der Waals surface area contributed by atoms with Crippen LogP contribution in [-0.4, -0.2) is 0 Å². The molecule has 3 aromatic rings. The fourth-order valence-electron chi connectivity index (χ4n) is 5.64. The van der Waals surface area contributed by atoms with Gasteiger partial charge in [0, 0.05) is 0 Å². The Hall–Kier alpha value is -2.86. The first kappa shape index (κ1) is 22.0. The largest absolute Gasteiger partial charge is 0.0950 e. The van der Waals surface area contributed by atoms with Crippen molar-refractivity contribution in [2.45, 2.75) is 64.7 Å². The lowest BCUT2D eigenvalue weighted by Gasteiger charge is -2.24. The summed E-state index contributed by atoms with van der Waals surface area (Å²) >= 11 is 0. The number of rotatable bonds is 6. The standard InChI is InChI=1S/C33H36/c1-23(2)24(3)29-15-7-10-25(19-29)18-26-20-30(27-11-5-4-6-12-27)22-31(21-26)33-17-9-14-28-13-8-16-32(28)33/h7-10,14-17,19-23,27H,3-6,11-13,18H2,1-2H3. The minimum atomic E-state index is 0.467. The lowest BCUT2D eigenvalue weighted by atomic mass is 9.81. The van der Waals surface area contributed by atoms with E-state index < -0.39 is 0 Å². The molecule has 2 aliphatic rings. The molecule has 2 aliphatic carbocycles. The van der Waals surface area contributed by atoms with Gasteiger partial charge in [0.05, 0.1) is 0 Å². The lowest BCUT2D eigenvalue weighted by Crippen LogP contribution is -2.06. The smallest absolute Gasteiger partial charge is 0.00252 e. The molecular formula is C33H36. The molecule has 0 unspecified atom stereocenters. The molecule has 1 saturated carbocycles. The number of allylic oxidation sites excluding steroid dienone is 2. The van der Waals surface area contributed by atoms with E-state index in [2.05, 4.69) is 93.2 Å². The third-order valence-corrected chi connectivity index (χ3v) is 7.62. The first-order valence-corrected chi connectivity index (χ1v) is 12.8.